The quantitative estimate of drug-likeness (QED) is 0.845. The normalized spacial score (nSPS) is 31.2. The fourth-order valence-corrected chi connectivity index (χ4v) is 4.23. The Balaban J connectivity index is 1.87. The van der Waals surface area contributed by atoms with Crippen molar-refractivity contribution in [1.82, 2.24) is 5.32 Å². The third-order valence-electron chi connectivity index (χ3n) is 4.60. The molecule has 3 heteroatoms. The van der Waals surface area contributed by atoms with Gasteiger partial charge in [-0.1, -0.05) is 48.7 Å². The molecule has 0 amide bonds. The van der Waals surface area contributed by atoms with Crippen LogP contribution in [0.3, 0.4) is 0 Å². The number of rotatable bonds is 4. The first kappa shape index (κ1) is 12.8. The lowest BCUT2D eigenvalue weighted by Gasteiger charge is -2.22. The Bertz CT molecular complexity index is 436. The maximum Gasteiger partial charge on any atom is 0.0640 e. The second-order valence-electron chi connectivity index (χ2n) is 5.51. The molecule has 0 spiro atoms. The van der Waals surface area contributed by atoms with Crippen molar-refractivity contribution in [3.05, 3.63) is 33.8 Å². The Hall–Kier alpha value is -0.240. The molecule has 18 heavy (non-hydrogen) atoms. The lowest BCUT2D eigenvalue weighted by Crippen LogP contribution is -2.24. The van der Waals surface area contributed by atoms with Gasteiger partial charge in [0.15, 0.2) is 0 Å². The maximum absolute atomic E-state index is 6.38. The average Bonchev–Trinajstić information content (AvgIpc) is 2.83. The van der Waals surface area contributed by atoms with Gasteiger partial charge in [-0.15, -0.1) is 0 Å². The monoisotopic (exact) mass is 283 g/mol. The molecule has 0 aliphatic heterocycles. The van der Waals surface area contributed by atoms with Crippen molar-refractivity contribution in [1.29, 1.82) is 0 Å². The molecule has 1 aromatic rings. The van der Waals surface area contributed by atoms with Crippen molar-refractivity contribution in [2.45, 2.75) is 32.2 Å². The molecule has 0 radical (unpaired) electrons. The van der Waals surface area contributed by atoms with Gasteiger partial charge in [0.2, 0.25) is 0 Å². The predicted molar refractivity (Wildman–Crippen MR) is 77.2 cm³/mol. The van der Waals surface area contributed by atoms with Crippen LogP contribution in [0.4, 0.5) is 0 Å². The molecule has 2 aliphatic rings. The molecule has 1 nitrogen and oxygen atoms in total. The minimum Gasteiger partial charge on any atom is -0.310 e. The molecule has 1 aromatic carbocycles. The zero-order valence-electron chi connectivity index (χ0n) is 10.6. The van der Waals surface area contributed by atoms with Gasteiger partial charge in [0.25, 0.3) is 0 Å². The number of hydrogen-bond acceptors (Lipinski definition) is 1. The van der Waals surface area contributed by atoms with Crippen LogP contribution in [0.2, 0.25) is 10.0 Å². The lowest BCUT2D eigenvalue weighted by atomic mass is 9.96. The van der Waals surface area contributed by atoms with Gasteiger partial charge in [-0.3, -0.25) is 0 Å². The van der Waals surface area contributed by atoms with E-state index in [-0.39, 0.29) is 0 Å². The van der Waals surface area contributed by atoms with Crippen LogP contribution < -0.4 is 5.32 Å². The van der Waals surface area contributed by atoms with E-state index in [1.807, 2.05) is 12.1 Å². The molecule has 0 saturated heterocycles. The smallest absolute Gasteiger partial charge is 0.0640 e. The van der Waals surface area contributed by atoms with E-state index in [0.717, 1.165) is 29.3 Å². The Kier molecular flexibility index (Phi) is 3.57. The predicted octanol–water partition coefficient (Wildman–Crippen LogP) is 4.69. The van der Waals surface area contributed by atoms with Gasteiger partial charge in [-0.25, -0.2) is 0 Å². The van der Waals surface area contributed by atoms with Gasteiger partial charge in [0.05, 0.1) is 10.0 Å². The second-order valence-corrected chi connectivity index (χ2v) is 6.30. The van der Waals surface area contributed by atoms with Crippen molar-refractivity contribution >= 4 is 23.2 Å². The van der Waals surface area contributed by atoms with Crippen LogP contribution in [0.25, 0.3) is 0 Å². The molecule has 0 bridgehead atoms. The van der Waals surface area contributed by atoms with Crippen molar-refractivity contribution in [3.8, 4) is 0 Å². The van der Waals surface area contributed by atoms with E-state index in [1.54, 1.807) is 0 Å². The summed E-state index contributed by atoms with van der Waals surface area (Å²) in [6.45, 7) is 3.13. The molecular weight excluding hydrogens is 265 g/mol. The molecule has 3 rings (SSSR count). The zero-order chi connectivity index (χ0) is 12.7. The van der Waals surface area contributed by atoms with Crippen LogP contribution in [0, 0.1) is 17.8 Å². The fourth-order valence-electron chi connectivity index (χ4n) is 3.81. The largest absolute Gasteiger partial charge is 0.310 e. The van der Waals surface area contributed by atoms with Crippen LogP contribution in [0.5, 0.6) is 0 Å². The number of fused-ring (bicyclic) bond motifs is 1. The Morgan fingerprint density at radius 3 is 2.67 bits per heavy atom. The van der Waals surface area contributed by atoms with Crippen LogP contribution in [-0.2, 0) is 0 Å². The van der Waals surface area contributed by atoms with E-state index < -0.39 is 0 Å². The molecule has 98 valence electrons. The van der Waals surface area contributed by atoms with Gasteiger partial charge in [0, 0.05) is 6.04 Å². The van der Waals surface area contributed by atoms with E-state index in [4.69, 9.17) is 23.2 Å². The van der Waals surface area contributed by atoms with E-state index in [0.29, 0.717) is 11.1 Å². The number of nitrogens with one attached hydrogen (secondary N) is 1. The topological polar surface area (TPSA) is 12.0 Å². The number of halogens is 2. The van der Waals surface area contributed by atoms with E-state index in [1.165, 1.54) is 24.8 Å². The molecule has 2 fully saturated rings. The fraction of sp³-hybridized carbons (Fsp3) is 0.600. The molecule has 3 atom stereocenters. The summed E-state index contributed by atoms with van der Waals surface area (Å²) in [6, 6.07) is 6.38. The molecule has 3 unspecified atom stereocenters. The average molecular weight is 284 g/mol. The van der Waals surface area contributed by atoms with Crippen LogP contribution in [0.1, 0.15) is 37.8 Å². The highest BCUT2D eigenvalue weighted by atomic mass is 35.5. The van der Waals surface area contributed by atoms with Gasteiger partial charge in [-0.05, 0) is 48.8 Å². The minimum atomic E-state index is 0.386. The Morgan fingerprint density at radius 1 is 1.28 bits per heavy atom. The molecule has 2 aliphatic carbocycles. The first-order valence-electron chi connectivity index (χ1n) is 6.91. The lowest BCUT2D eigenvalue weighted by molar-refractivity contribution is 0.426. The zero-order valence-corrected chi connectivity index (χ0v) is 12.1. The molecular formula is C15H19Cl2N. The third-order valence-corrected chi connectivity index (χ3v) is 5.43. The van der Waals surface area contributed by atoms with Gasteiger partial charge < -0.3 is 5.32 Å². The summed E-state index contributed by atoms with van der Waals surface area (Å²) in [5, 5.41) is 5.02. The number of hydrogen-bond donors (Lipinski definition) is 1. The van der Waals surface area contributed by atoms with Gasteiger partial charge in [-0.2, -0.15) is 0 Å². The first-order chi connectivity index (χ1) is 8.74. The van der Waals surface area contributed by atoms with Gasteiger partial charge >= 0.3 is 0 Å². The summed E-state index contributed by atoms with van der Waals surface area (Å²) in [5.41, 5.74) is 1.19. The SMILES string of the molecule is CCNC(c1cccc(Cl)c1Cl)C1C2CCCC21. The Morgan fingerprint density at radius 2 is 2.00 bits per heavy atom. The molecule has 2 saturated carbocycles. The highest BCUT2D eigenvalue weighted by molar-refractivity contribution is 6.42. The molecule has 1 N–H and O–H groups in total. The standard InChI is InChI=1S/C15H19Cl2N/c1-2-18-15(13-9-5-3-6-10(9)13)11-7-4-8-12(16)14(11)17/h4,7-10,13,15,18H,2-3,5-6H2,1H3. The van der Waals surface area contributed by atoms with Gasteiger partial charge in [0.1, 0.15) is 0 Å². The maximum atomic E-state index is 6.38. The summed E-state index contributed by atoms with van der Waals surface area (Å²) in [6.07, 6.45) is 4.21. The Labute approximate surface area is 119 Å². The van der Waals surface area contributed by atoms with Crippen LogP contribution in [0.15, 0.2) is 18.2 Å². The summed E-state index contributed by atoms with van der Waals surface area (Å²) < 4.78 is 0. The van der Waals surface area contributed by atoms with E-state index >= 15 is 0 Å². The summed E-state index contributed by atoms with van der Waals surface area (Å²) >= 11 is 12.5. The van der Waals surface area contributed by atoms with Crippen molar-refractivity contribution < 1.29 is 0 Å². The third kappa shape index (κ3) is 2.07. The molecule has 0 aromatic heterocycles. The van der Waals surface area contributed by atoms with Crippen LogP contribution in [-0.4, -0.2) is 6.54 Å². The van der Waals surface area contributed by atoms with Crippen LogP contribution >= 0.6 is 23.2 Å². The summed E-state index contributed by atoms with van der Waals surface area (Å²) in [7, 11) is 0. The second kappa shape index (κ2) is 5.03. The van der Waals surface area contributed by atoms with E-state index in [9.17, 15) is 0 Å². The summed E-state index contributed by atoms with van der Waals surface area (Å²) in [5.74, 6) is 2.61. The highest BCUT2D eigenvalue weighted by Crippen LogP contribution is 2.62. The van der Waals surface area contributed by atoms with E-state index in [2.05, 4.69) is 18.3 Å². The number of benzene rings is 1. The van der Waals surface area contributed by atoms with Crippen molar-refractivity contribution in [2.24, 2.45) is 17.8 Å². The van der Waals surface area contributed by atoms with Crippen molar-refractivity contribution in [2.75, 3.05) is 6.54 Å². The first-order valence-corrected chi connectivity index (χ1v) is 7.67. The minimum absolute atomic E-state index is 0.386. The van der Waals surface area contributed by atoms with Crippen molar-refractivity contribution in [3.63, 3.8) is 0 Å². The molecule has 0 heterocycles. The summed E-state index contributed by atoms with van der Waals surface area (Å²) in [4.78, 5) is 0. The highest BCUT2D eigenvalue weighted by Gasteiger charge is 2.56.